The average Bonchev–Trinajstić information content (AvgIpc) is 3.51. The van der Waals surface area contributed by atoms with Crippen molar-refractivity contribution in [2.45, 2.75) is 31.5 Å². The van der Waals surface area contributed by atoms with E-state index in [1.54, 1.807) is 60.4 Å². The molecule has 1 aliphatic heterocycles. The molecule has 212 valence electrons. The summed E-state index contributed by atoms with van der Waals surface area (Å²) in [6, 6.07) is 14.7. The molecule has 0 spiro atoms. The van der Waals surface area contributed by atoms with Crippen LogP contribution in [0.2, 0.25) is 0 Å². The molecule has 7 rings (SSSR count). The molecular formula is C31H26F2N6O3. The molecule has 9 nitrogen and oxygen atoms in total. The summed E-state index contributed by atoms with van der Waals surface area (Å²) >= 11 is 0. The third-order valence-electron chi connectivity index (χ3n) is 8.37. The first-order valence-corrected chi connectivity index (χ1v) is 13.7. The van der Waals surface area contributed by atoms with Crippen LogP contribution in [0.15, 0.2) is 67.0 Å². The van der Waals surface area contributed by atoms with Gasteiger partial charge in [-0.15, -0.1) is 0 Å². The van der Waals surface area contributed by atoms with Crippen molar-refractivity contribution in [1.29, 1.82) is 0 Å². The van der Waals surface area contributed by atoms with Crippen LogP contribution in [0, 0.1) is 11.7 Å². The van der Waals surface area contributed by atoms with Gasteiger partial charge >= 0.3 is 5.97 Å². The van der Waals surface area contributed by atoms with Gasteiger partial charge in [-0.1, -0.05) is 30.3 Å². The number of carbonyl (C=O) groups excluding carboxylic acids is 1. The average molecular weight is 569 g/mol. The number of carbonyl (C=O) groups is 2. The zero-order chi connectivity index (χ0) is 29.3. The standard InChI is InChI=1S/C31H26F2N6O3/c1-16-18-5-3-4-6-19(18)24(33)15-38(16)30(40)26-13-27(29-34-9-10-37(29)2)39-28(35-26)14-25(36-39)20-8-7-17(11-23(20)32)21-12-22(21)31(41)42/h3-11,13-14,16,21-22,24H,12,15H2,1-2H3,(H,41,42)/t16-,21-,22+,24-/m1/s1. The minimum atomic E-state index is -1.33. The van der Waals surface area contributed by atoms with Gasteiger partial charge in [0.25, 0.3) is 5.91 Å². The van der Waals surface area contributed by atoms with Gasteiger partial charge in [0.1, 0.15) is 23.4 Å². The second-order valence-corrected chi connectivity index (χ2v) is 10.9. The Kier molecular flexibility index (Phi) is 5.93. The van der Waals surface area contributed by atoms with Gasteiger partial charge in [0, 0.05) is 31.1 Å². The van der Waals surface area contributed by atoms with Crippen LogP contribution in [0.25, 0.3) is 28.4 Å². The number of carboxylic acid groups (broad SMARTS) is 1. The second-order valence-electron chi connectivity index (χ2n) is 10.9. The van der Waals surface area contributed by atoms with E-state index in [1.807, 2.05) is 19.1 Å². The number of rotatable bonds is 5. The van der Waals surface area contributed by atoms with E-state index in [-0.39, 0.29) is 29.8 Å². The molecule has 11 heteroatoms. The number of imidazole rings is 1. The number of alkyl halides is 1. The molecular weight excluding hydrogens is 542 g/mol. The number of nitrogens with zero attached hydrogens (tertiary/aromatic N) is 6. The summed E-state index contributed by atoms with van der Waals surface area (Å²) in [4.78, 5) is 35.6. The molecule has 3 aromatic heterocycles. The van der Waals surface area contributed by atoms with Crippen LogP contribution >= 0.6 is 0 Å². The lowest BCUT2D eigenvalue weighted by Gasteiger charge is -2.36. The number of amides is 1. The highest BCUT2D eigenvalue weighted by atomic mass is 19.1. The summed E-state index contributed by atoms with van der Waals surface area (Å²) in [5.41, 5.74) is 3.33. The van der Waals surface area contributed by atoms with E-state index in [4.69, 9.17) is 0 Å². The fraction of sp³-hybridized carbons (Fsp3) is 0.258. The van der Waals surface area contributed by atoms with E-state index in [0.29, 0.717) is 40.4 Å². The highest BCUT2D eigenvalue weighted by molar-refractivity contribution is 5.94. The van der Waals surface area contributed by atoms with Gasteiger partial charge in [-0.2, -0.15) is 5.10 Å². The van der Waals surface area contributed by atoms with E-state index < -0.39 is 29.8 Å². The number of aryl methyl sites for hydroxylation is 1. The van der Waals surface area contributed by atoms with Crippen LogP contribution in [-0.4, -0.2) is 52.6 Å². The van der Waals surface area contributed by atoms with Crippen molar-refractivity contribution in [3.05, 3.63) is 95.2 Å². The Morgan fingerprint density at radius 2 is 1.86 bits per heavy atom. The maximum Gasteiger partial charge on any atom is 0.307 e. The van der Waals surface area contributed by atoms with Crippen LogP contribution in [0.3, 0.4) is 0 Å². The van der Waals surface area contributed by atoms with Crippen LogP contribution in [-0.2, 0) is 11.8 Å². The highest BCUT2D eigenvalue weighted by Crippen LogP contribution is 2.48. The zero-order valence-electron chi connectivity index (χ0n) is 22.8. The Morgan fingerprint density at radius 3 is 2.55 bits per heavy atom. The van der Waals surface area contributed by atoms with Gasteiger partial charge in [0.05, 0.1) is 24.2 Å². The summed E-state index contributed by atoms with van der Waals surface area (Å²) in [7, 11) is 1.80. The number of hydrogen-bond acceptors (Lipinski definition) is 5. The Labute approximate surface area is 239 Å². The number of carboxylic acids is 1. The van der Waals surface area contributed by atoms with Gasteiger partial charge in [0.2, 0.25) is 0 Å². The van der Waals surface area contributed by atoms with Crippen molar-refractivity contribution in [3.63, 3.8) is 0 Å². The fourth-order valence-electron chi connectivity index (χ4n) is 5.97. The maximum atomic E-state index is 15.3. The van der Waals surface area contributed by atoms with E-state index in [9.17, 15) is 14.7 Å². The molecule has 1 N–H and O–H groups in total. The van der Waals surface area contributed by atoms with Crippen molar-refractivity contribution < 1.29 is 23.5 Å². The number of benzene rings is 2. The predicted octanol–water partition coefficient (Wildman–Crippen LogP) is 5.35. The lowest BCUT2D eigenvalue weighted by atomic mass is 9.92. The normalized spacial score (nSPS) is 21.4. The number of fused-ring (bicyclic) bond motifs is 2. The van der Waals surface area contributed by atoms with Crippen molar-refractivity contribution in [1.82, 2.24) is 29.0 Å². The van der Waals surface area contributed by atoms with E-state index >= 15 is 8.78 Å². The number of aliphatic carboxylic acids is 1. The summed E-state index contributed by atoms with van der Waals surface area (Å²) in [5.74, 6) is -2.03. The quantitative estimate of drug-likeness (QED) is 0.306. The van der Waals surface area contributed by atoms with Crippen molar-refractivity contribution in [2.75, 3.05) is 6.54 Å². The number of aromatic nitrogens is 5. The van der Waals surface area contributed by atoms with Crippen molar-refractivity contribution in [2.24, 2.45) is 13.0 Å². The fourth-order valence-corrected chi connectivity index (χ4v) is 5.97. The predicted molar refractivity (Wildman–Crippen MR) is 149 cm³/mol. The SMILES string of the molecule is C[C@@H]1c2ccccc2[C@H](F)CN1C(=O)c1cc(-c2nccn2C)n2nc(-c3ccc([C@H]4C[C@@H]4C(=O)O)cc3F)cc2n1. The van der Waals surface area contributed by atoms with Crippen molar-refractivity contribution >= 4 is 17.5 Å². The summed E-state index contributed by atoms with van der Waals surface area (Å²) in [5, 5.41) is 13.9. The van der Waals surface area contributed by atoms with Gasteiger partial charge in [-0.25, -0.2) is 23.3 Å². The van der Waals surface area contributed by atoms with E-state index in [2.05, 4.69) is 15.1 Å². The Bertz CT molecular complexity index is 1900. The summed E-state index contributed by atoms with van der Waals surface area (Å²) in [6.07, 6.45) is 2.53. The lowest BCUT2D eigenvalue weighted by molar-refractivity contribution is -0.138. The molecule has 1 saturated carbocycles. The molecule has 42 heavy (non-hydrogen) atoms. The highest BCUT2D eigenvalue weighted by Gasteiger charge is 2.44. The van der Waals surface area contributed by atoms with Crippen LogP contribution in [0.1, 0.15) is 58.7 Å². The smallest absolute Gasteiger partial charge is 0.307 e. The van der Waals surface area contributed by atoms with Gasteiger partial charge in [0.15, 0.2) is 11.5 Å². The molecule has 4 heterocycles. The Hall–Kier alpha value is -4.93. The molecule has 1 fully saturated rings. The second kappa shape index (κ2) is 9.57. The first-order chi connectivity index (χ1) is 20.2. The molecule has 0 radical (unpaired) electrons. The molecule has 2 aromatic carbocycles. The molecule has 0 unspecified atom stereocenters. The monoisotopic (exact) mass is 568 g/mol. The van der Waals surface area contributed by atoms with Crippen molar-refractivity contribution in [3.8, 4) is 22.8 Å². The topological polar surface area (TPSA) is 106 Å². The zero-order valence-corrected chi connectivity index (χ0v) is 22.8. The molecule has 1 amide bonds. The van der Waals surface area contributed by atoms with E-state index in [1.165, 1.54) is 15.5 Å². The Balaban J connectivity index is 1.30. The maximum absolute atomic E-state index is 15.3. The molecule has 0 saturated heterocycles. The molecule has 2 aliphatic rings. The molecule has 5 aromatic rings. The van der Waals surface area contributed by atoms with E-state index in [0.717, 1.165) is 5.56 Å². The third kappa shape index (κ3) is 4.15. The Morgan fingerprint density at radius 1 is 1.07 bits per heavy atom. The van der Waals surface area contributed by atoms with Gasteiger partial charge < -0.3 is 14.6 Å². The number of halogens is 2. The van der Waals surface area contributed by atoms with Gasteiger partial charge in [-0.05, 0) is 54.2 Å². The number of hydrogen-bond donors (Lipinski definition) is 1. The molecule has 0 bridgehead atoms. The van der Waals surface area contributed by atoms with Gasteiger partial charge in [-0.3, -0.25) is 9.59 Å². The van der Waals surface area contributed by atoms with Crippen LogP contribution in [0.4, 0.5) is 8.78 Å². The third-order valence-corrected chi connectivity index (χ3v) is 8.37. The lowest BCUT2D eigenvalue weighted by Crippen LogP contribution is -2.40. The first kappa shape index (κ1) is 26.0. The van der Waals surface area contributed by atoms with Crippen LogP contribution in [0.5, 0.6) is 0 Å². The molecule has 1 aliphatic carbocycles. The summed E-state index contributed by atoms with van der Waals surface area (Å²) in [6.45, 7) is 1.76. The minimum Gasteiger partial charge on any atom is -0.481 e. The summed E-state index contributed by atoms with van der Waals surface area (Å²) < 4.78 is 33.8. The first-order valence-electron chi connectivity index (χ1n) is 13.7. The van der Waals surface area contributed by atoms with Crippen LogP contribution < -0.4 is 0 Å². The largest absolute Gasteiger partial charge is 0.481 e. The minimum absolute atomic E-state index is 0.0923. The molecule has 4 atom stereocenters.